The molecule has 2 heteroatoms. The second-order valence-corrected chi connectivity index (χ2v) is 3.84. The highest BCUT2D eigenvalue weighted by Crippen LogP contribution is 2.54. The summed E-state index contributed by atoms with van der Waals surface area (Å²) in [6.07, 6.45) is 10.3. The summed E-state index contributed by atoms with van der Waals surface area (Å²) in [5.41, 5.74) is 0.868. The lowest BCUT2D eigenvalue weighted by Gasteiger charge is -2.13. The Morgan fingerprint density at radius 1 is 1.42 bits per heavy atom. The van der Waals surface area contributed by atoms with Crippen molar-refractivity contribution in [2.24, 2.45) is 5.41 Å². The molecule has 0 spiro atoms. The maximum atomic E-state index is 11.1. The molecule has 0 saturated heterocycles. The van der Waals surface area contributed by atoms with E-state index in [1.54, 1.807) is 0 Å². The summed E-state index contributed by atoms with van der Waals surface area (Å²) in [6, 6.07) is 0. The van der Waals surface area contributed by atoms with Crippen molar-refractivity contribution in [2.45, 2.75) is 25.7 Å². The molecule has 0 atom stereocenters. The number of halogens is 1. The first kappa shape index (κ1) is 8.06. The van der Waals surface area contributed by atoms with Crippen LogP contribution in [0.5, 0.6) is 0 Å². The van der Waals surface area contributed by atoms with Gasteiger partial charge in [-0.2, -0.15) is 0 Å². The smallest absolute Gasteiger partial charge is 0.232 e. The fourth-order valence-corrected chi connectivity index (χ4v) is 1.99. The molecule has 0 aromatic heterocycles. The first-order valence-corrected chi connectivity index (χ1v) is 4.71. The molecule has 0 N–H and O–H groups in total. The lowest BCUT2D eigenvalue weighted by molar-refractivity contribution is -0.115. The second kappa shape index (κ2) is 2.74. The SMILES string of the molecule is O=C(Cl)C1(C2=CCCC=C2)CC1. The van der Waals surface area contributed by atoms with E-state index in [1.807, 2.05) is 0 Å². The Balaban J connectivity index is 2.24. The minimum Gasteiger partial charge on any atom is -0.280 e. The zero-order chi connectivity index (χ0) is 8.60. The van der Waals surface area contributed by atoms with E-state index in [0.29, 0.717) is 0 Å². The Bertz CT molecular complexity index is 272. The van der Waals surface area contributed by atoms with Crippen molar-refractivity contribution in [1.29, 1.82) is 0 Å². The van der Waals surface area contributed by atoms with E-state index in [2.05, 4.69) is 18.2 Å². The predicted octanol–water partition coefficient (Wildman–Crippen LogP) is 2.81. The van der Waals surface area contributed by atoms with Crippen LogP contribution in [0, 0.1) is 5.41 Å². The highest BCUT2D eigenvalue weighted by Gasteiger charge is 2.51. The van der Waals surface area contributed by atoms with Crippen molar-refractivity contribution in [1.82, 2.24) is 0 Å². The Morgan fingerprint density at radius 3 is 2.58 bits per heavy atom. The van der Waals surface area contributed by atoms with Gasteiger partial charge in [0.25, 0.3) is 0 Å². The topological polar surface area (TPSA) is 17.1 Å². The quantitative estimate of drug-likeness (QED) is 0.601. The Morgan fingerprint density at radius 2 is 2.17 bits per heavy atom. The van der Waals surface area contributed by atoms with Crippen LogP contribution in [0.3, 0.4) is 0 Å². The first-order valence-electron chi connectivity index (χ1n) is 4.33. The van der Waals surface area contributed by atoms with Gasteiger partial charge in [0.2, 0.25) is 5.24 Å². The average Bonchev–Trinajstić information content (AvgIpc) is 2.86. The molecule has 0 amide bonds. The van der Waals surface area contributed by atoms with E-state index in [0.717, 1.165) is 31.3 Å². The molecule has 1 fully saturated rings. The fraction of sp³-hybridized carbons (Fsp3) is 0.500. The van der Waals surface area contributed by atoms with Gasteiger partial charge in [0.1, 0.15) is 0 Å². The summed E-state index contributed by atoms with van der Waals surface area (Å²) < 4.78 is 0. The van der Waals surface area contributed by atoms with Gasteiger partial charge in [-0.1, -0.05) is 18.2 Å². The van der Waals surface area contributed by atoms with E-state index < -0.39 is 0 Å². The van der Waals surface area contributed by atoms with Crippen LogP contribution in [-0.2, 0) is 4.79 Å². The summed E-state index contributed by atoms with van der Waals surface area (Å²) in [5.74, 6) is 0. The lowest BCUT2D eigenvalue weighted by Crippen LogP contribution is -2.12. The minimum absolute atomic E-state index is 0.180. The second-order valence-electron chi connectivity index (χ2n) is 3.49. The maximum Gasteiger partial charge on any atom is 0.232 e. The Kier molecular flexibility index (Phi) is 1.84. The van der Waals surface area contributed by atoms with Gasteiger partial charge < -0.3 is 0 Å². The van der Waals surface area contributed by atoms with Gasteiger partial charge in [-0.25, -0.2) is 0 Å². The number of carbonyl (C=O) groups excluding carboxylic acids is 1. The third kappa shape index (κ3) is 1.13. The van der Waals surface area contributed by atoms with E-state index in [9.17, 15) is 4.79 Å². The van der Waals surface area contributed by atoms with Crippen LogP contribution >= 0.6 is 11.6 Å². The van der Waals surface area contributed by atoms with Gasteiger partial charge in [-0.15, -0.1) is 0 Å². The molecule has 1 saturated carbocycles. The van der Waals surface area contributed by atoms with Crippen molar-refractivity contribution in [3.8, 4) is 0 Å². The number of carbonyl (C=O) groups is 1. The number of rotatable bonds is 2. The van der Waals surface area contributed by atoms with Crippen molar-refractivity contribution >= 4 is 16.8 Å². The average molecular weight is 183 g/mol. The van der Waals surface area contributed by atoms with E-state index in [1.165, 1.54) is 0 Å². The minimum atomic E-state index is -0.279. The number of hydrogen-bond donors (Lipinski definition) is 0. The van der Waals surface area contributed by atoms with Crippen LogP contribution in [0.25, 0.3) is 0 Å². The van der Waals surface area contributed by atoms with Crippen LogP contribution in [0.4, 0.5) is 0 Å². The van der Waals surface area contributed by atoms with E-state index in [4.69, 9.17) is 11.6 Å². The summed E-state index contributed by atoms with van der Waals surface area (Å²) >= 11 is 5.55. The fourth-order valence-electron chi connectivity index (χ4n) is 1.69. The summed E-state index contributed by atoms with van der Waals surface area (Å²) in [6.45, 7) is 0. The van der Waals surface area contributed by atoms with Gasteiger partial charge in [0, 0.05) is 0 Å². The molecule has 0 radical (unpaired) electrons. The van der Waals surface area contributed by atoms with Crippen molar-refractivity contribution in [2.75, 3.05) is 0 Å². The van der Waals surface area contributed by atoms with Crippen LogP contribution < -0.4 is 0 Å². The van der Waals surface area contributed by atoms with Gasteiger partial charge in [0.05, 0.1) is 5.41 Å². The molecule has 0 unspecified atom stereocenters. The molecule has 0 bridgehead atoms. The van der Waals surface area contributed by atoms with Gasteiger partial charge in [-0.05, 0) is 42.9 Å². The van der Waals surface area contributed by atoms with Crippen LogP contribution in [0.2, 0.25) is 0 Å². The Labute approximate surface area is 77.1 Å². The monoisotopic (exact) mass is 182 g/mol. The van der Waals surface area contributed by atoms with E-state index >= 15 is 0 Å². The molecule has 12 heavy (non-hydrogen) atoms. The third-order valence-corrected chi connectivity index (χ3v) is 3.04. The van der Waals surface area contributed by atoms with Gasteiger partial charge in [-0.3, -0.25) is 4.79 Å². The van der Waals surface area contributed by atoms with Gasteiger partial charge >= 0.3 is 0 Å². The number of hydrogen-bond acceptors (Lipinski definition) is 1. The predicted molar refractivity (Wildman–Crippen MR) is 49.0 cm³/mol. The van der Waals surface area contributed by atoms with Crippen molar-refractivity contribution in [3.05, 3.63) is 23.8 Å². The zero-order valence-corrected chi connectivity index (χ0v) is 7.60. The molecule has 0 aliphatic heterocycles. The molecule has 1 nitrogen and oxygen atoms in total. The molecular formula is C10H11ClO. The molecule has 0 heterocycles. The standard InChI is InChI=1S/C10H11ClO/c11-9(12)10(6-7-10)8-4-2-1-3-5-8/h2,4-5H,1,3,6-7H2. The molecule has 2 rings (SSSR count). The molecular weight excluding hydrogens is 172 g/mol. The summed E-state index contributed by atoms with van der Waals surface area (Å²) in [5, 5.41) is -0.180. The van der Waals surface area contributed by atoms with Crippen LogP contribution in [0.15, 0.2) is 23.8 Å². The largest absolute Gasteiger partial charge is 0.280 e. The molecule has 2 aliphatic rings. The van der Waals surface area contributed by atoms with Crippen LogP contribution in [0.1, 0.15) is 25.7 Å². The van der Waals surface area contributed by atoms with Crippen molar-refractivity contribution in [3.63, 3.8) is 0 Å². The summed E-state index contributed by atoms with van der Waals surface area (Å²) in [4.78, 5) is 11.1. The third-order valence-electron chi connectivity index (χ3n) is 2.67. The molecule has 0 aromatic carbocycles. The maximum absolute atomic E-state index is 11.1. The number of allylic oxidation sites excluding steroid dienone is 4. The molecule has 0 aromatic rings. The molecule has 2 aliphatic carbocycles. The zero-order valence-electron chi connectivity index (χ0n) is 6.85. The van der Waals surface area contributed by atoms with Crippen molar-refractivity contribution < 1.29 is 4.79 Å². The highest BCUT2D eigenvalue weighted by atomic mass is 35.5. The van der Waals surface area contributed by atoms with Crippen LogP contribution in [-0.4, -0.2) is 5.24 Å². The summed E-state index contributed by atoms with van der Waals surface area (Å²) in [7, 11) is 0. The normalized spacial score (nSPS) is 24.9. The highest BCUT2D eigenvalue weighted by molar-refractivity contribution is 6.65. The Hall–Kier alpha value is -0.560. The molecule has 64 valence electrons. The first-order chi connectivity index (χ1) is 5.76. The van der Waals surface area contributed by atoms with Gasteiger partial charge in [0.15, 0.2) is 0 Å². The van der Waals surface area contributed by atoms with E-state index in [-0.39, 0.29) is 10.7 Å². The lowest BCUT2D eigenvalue weighted by atomic mass is 9.92.